The lowest BCUT2D eigenvalue weighted by Gasteiger charge is -2.09. The van der Waals surface area contributed by atoms with E-state index < -0.39 is 9.04 Å². The second-order valence-electron chi connectivity index (χ2n) is 2.78. The summed E-state index contributed by atoms with van der Waals surface area (Å²) in [6, 6.07) is 1.05. The van der Waals surface area contributed by atoms with Crippen molar-refractivity contribution in [2.24, 2.45) is 0 Å². The fourth-order valence-corrected chi connectivity index (χ4v) is 2.25. The summed E-state index contributed by atoms with van der Waals surface area (Å²) >= 11 is 0. The normalized spacial score (nSPS) is 12.3. The summed E-state index contributed by atoms with van der Waals surface area (Å²) in [6.07, 6.45) is 1.09. The zero-order chi connectivity index (χ0) is 8.85. The van der Waals surface area contributed by atoms with Crippen LogP contribution in [0.25, 0.3) is 0 Å². The lowest BCUT2D eigenvalue weighted by molar-refractivity contribution is -0.130. The van der Waals surface area contributed by atoms with Crippen LogP contribution in [0.5, 0.6) is 0 Å². The molecule has 11 heavy (non-hydrogen) atoms. The molecule has 0 N–H and O–H groups in total. The van der Waals surface area contributed by atoms with Crippen molar-refractivity contribution in [3.8, 4) is 0 Å². The van der Waals surface area contributed by atoms with Gasteiger partial charge in [-0.3, -0.25) is 0 Å². The van der Waals surface area contributed by atoms with Crippen LogP contribution in [0.2, 0.25) is 12.6 Å². The van der Waals surface area contributed by atoms with Gasteiger partial charge < -0.3 is 4.43 Å². The molecule has 0 aromatic heterocycles. The van der Waals surface area contributed by atoms with E-state index in [-0.39, 0.29) is 5.97 Å². The molecule has 0 saturated carbocycles. The minimum Gasteiger partial charge on any atom is -0.519 e. The van der Waals surface area contributed by atoms with Crippen LogP contribution < -0.4 is 0 Å². The Balaban J connectivity index is 3.66. The Morgan fingerprint density at radius 1 is 1.64 bits per heavy atom. The molecular formula is C8H16O2Si. The van der Waals surface area contributed by atoms with Gasteiger partial charge in [0.25, 0.3) is 0 Å². The molecule has 2 nitrogen and oxygen atoms in total. The zero-order valence-electron chi connectivity index (χ0n) is 7.52. The number of carbonyl (C=O) groups is 1. The Bertz CT molecular complexity index is 154. The highest BCUT2D eigenvalue weighted by Crippen LogP contribution is 2.01. The van der Waals surface area contributed by atoms with Gasteiger partial charge in [-0.25, -0.2) is 4.79 Å². The summed E-state index contributed by atoms with van der Waals surface area (Å²) in [5.74, 6) is -0.224. The Morgan fingerprint density at radius 3 is 2.55 bits per heavy atom. The van der Waals surface area contributed by atoms with Gasteiger partial charge >= 0.3 is 5.97 Å². The highest BCUT2D eigenvalue weighted by Gasteiger charge is 2.09. The quantitative estimate of drug-likeness (QED) is 0.478. The van der Waals surface area contributed by atoms with E-state index in [0.29, 0.717) is 5.57 Å². The fraction of sp³-hybridized carbons (Fsp3) is 0.625. The summed E-state index contributed by atoms with van der Waals surface area (Å²) in [5.41, 5.74) is 0.500. The van der Waals surface area contributed by atoms with Crippen molar-refractivity contribution in [1.29, 1.82) is 0 Å². The highest BCUT2D eigenvalue weighted by molar-refractivity contribution is 6.52. The number of carbonyl (C=O) groups excluding carboxylic acids is 1. The predicted molar refractivity (Wildman–Crippen MR) is 49.0 cm³/mol. The molecule has 0 spiro atoms. The lowest BCUT2D eigenvalue weighted by Crippen LogP contribution is -2.18. The minimum atomic E-state index is -1.23. The largest absolute Gasteiger partial charge is 0.519 e. The molecule has 0 aliphatic rings. The molecule has 0 bridgehead atoms. The Morgan fingerprint density at radius 2 is 2.18 bits per heavy atom. The molecular weight excluding hydrogens is 156 g/mol. The van der Waals surface area contributed by atoms with E-state index in [0.717, 1.165) is 12.5 Å². The van der Waals surface area contributed by atoms with Gasteiger partial charge in [0.15, 0.2) is 0 Å². The van der Waals surface area contributed by atoms with E-state index in [1.54, 1.807) is 6.92 Å². The molecule has 0 heterocycles. The molecule has 0 rings (SSSR count). The molecule has 1 atom stereocenters. The summed E-state index contributed by atoms with van der Waals surface area (Å²) in [4.78, 5) is 10.9. The van der Waals surface area contributed by atoms with Crippen molar-refractivity contribution < 1.29 is 9.22 Å². The van der Waals surface area contributed by atoms with Crippen LogP contribution >= 0.6 is 0 Å². The summed E-state index contributed by atoms with van der Waals surface area (Å²) in [6.45, 7) is 9.32. The molecule has 0 aliphatic carbocycles. The fourth-order valence-electron chi connectivity index (χ4n) is 0.749. The van der Waals surface area contributed by atoms with E-state index in [1.165, 1.54) is 0 Å². The van der Waals surface area contributed by atoms with Gasteiger partial charge in [0.05, 0.1) is 0 Å². The van der Waals surface area contributed by atoms with Gasteiger partial charge in [0.1, 0.15) is 0 Å². The van der Waals surface area contributed by atoms with Crippen LogP contribution in [-0.4, -0.2) is 15.0 Å². The summed E-state index contributed by atoms with van der Waals surface area (Å²) in [7, 11) is -1.23. The Hall–Kier alpha value is -0.573. The van der Waals surface area contributed by atoms with Crippen LogP contribution in [0.1, 0.15) is 20.3 Å². The van der Waals surface area contributed by atoms with Gasteiger partial charge in [0.2, 0.25) is 9.04 Å². The van der Waals surface area contributed by atoms with Crippen LogP contribution in [0.3, 0.4) is 0 Å². The monoisotopic (exact) mass is 172 g/mol. The maximum Gasteiger partial charge on any atom is 0.319 e. The lowest BCUT2D eigenvalue weighted by atomic mass is 10.4. The van der Waals surface area contributed by atoms with E-state index in [1.807, 2.05) is 6.55 Å². The number of hydrogen-bond donors (Lipinski definition) is 0. The molecule has 3 heteroatoms. The average Bonchev–Trinajstić information content (AvgIpc) is 1.87. The molecule has 0 aromatic carbocycles. The molecule has 0 fully saturated rings. The Labute approximate surface area is 70.0 Å². The van der Waals surface area contributed by atoms with Gasteiger partial charge in [-0.2, -0.15) is 0 Å². The maximum atomic E-state index is 10.9. The summed E-state index contributed by atoms with van der Waals surface area (Å²) < 4.78 is 5.15. The van der Waals surface area contributed by atoms with Crippen LogP contribution in [0.15, 0.2) is 12.2 Å². The maximum absolute atomic E-state index is 10.9. The van der Waals surface area contributed by atoms with Crippen molar-refractivity contribution >= 4 is 15.0 Å². The molecule has 1 unspecified atom stereocenters. The van der Waals surface area contributed by atoms with E-state index in [4.69, 9.17) is 4.43 Å². The van der Waals surface area contributed by atoms with Gasteiger partial charge in [-0.1, -0.05) is 19.9 Å². The van der Waals surface area contributed by atoms with Crippen LogP contribution in [0, 0.1) is 0 Å². The van der Waals surface area contributed by atoms with Crippen LogP contribution in [-0.2, 0) is 9.22 Å². The Kier molecular flexibility index (Phi) is 4.86. The van der Waals surface area contributed by atoms with Crippen molar-refractivity contribution in [1.82, 2.24) is 0 Å². The highest BCUT2D eigenvalue weighted by atomic mass is 28.3. The van der Waals surface area contributed by atoms with Gasteiger partial charge in [-0.05, 0) is 19.5 Å². The first-order valence-electron chi connectivity index (χ1n) is 3.94. The molecule has 0 saturated heterocycles. The second kappa shape index (κ2) is 5.13. The third-order valence-electron chi connectivity index (χ3n) is 1.35. The number of hydrogen-bond acceptors (Lipinski definition) is 2. The summed E-state index contributed by atoms with van der Waals surface area (Å²) in [5, 5.41) is 0. The SMILES string of the molecule is C=C(C)C(=O)O[SiH](C)CCC. The predicted octanol–water partition coefficient (Wildman–Crippen LogP) is 1.87. The molecule has 0 aliphatic heterocycles. The van der Waals surface area contributed by atoms with Crippen LogP contribution in [0.4, 0.5) is 0 Å². The average molecular weight is 172 g/mol. The topological polar surface area (TPSA) is 26.3 Å². The van der Waals surface area contributed by atoms with E-state index >= 15 is 0 Å². The standard InChI is InChI=1S/C8H16O2Si/c1-5-6-11(4)10-8(9)7(2)3/h11H,2,5-6H2,1,3-4H3. The first-order chi connectivity index (χ1) is 5.07. The third kappa shape index (κ3) is 4.78. The van der Waals surface area contributed by atoms with Crippen molar-refractivity contribution in [3.63, 3.8) is 0 Å². The third-order valence-corrected chi connectivity index (χ3v) is 3.36. The smallest absolute Gasteiger partial charge is 0.319 e. The molecule has 64 valence electrons. The van der Waals surface area contributed by atoms with Gasteiger partial charge in [-0.15, -0.1) is 0 Å². The minimum absolute atomic E-state index is 0.224. The zero-order valence-corrected chi connectivity index (χ0v) is 8.67. The van der Waals surface area contributed by atoms with Crippen molar-refractivity contribution in [2.75, 3.05) is 0 Å². The molecule has 0 radical (unpaired) electrons. The van der Waals surface area contributed by atoms with E-state index in [2.05, 4.69) is 13.5 Å². The number of rotatable bonds is 4. The molecule has 0 aromatic rings. The van der Waals surface area contributed by atoms with Crippen molar-refractivity contribution in [2.45, 2.75) is 32.9 Å². The first kappa shape index (κ1) is 10.4. The van der Waals surface area contributed by atoms with Gasteiger partial charge in [0, 0.05) is 5.57 Å². The first-order valence-corrected chi connectivity index (χ1v) is 6.38. The van der Waals surface area contributed by atoms with E-state index in [9.17, 15) is 4.79 Å². The second-order valence-corrected chi connectivity index (χ2v) is 5.22. The molecule has 0 amide bonds. The van der Waals surface area contributed by atoms with Crippen molar-refractivity contribution in [3.05, 3.63) is 12.2 Å².